The van der Waals surface area contributed by atoms with Gasteiger partial charge in [0.05, 0.1) is 22.9 Å². The number of hydrogen-bond donors (Lipinski definition) is 1. The molecule has 1 aromatic heterocycles. The molecule has 17 heavy (non-hydrogen) atoms. The molecule has 0 saturated heterocycles. The number of esters is 1. The number of hydrogen-bond acceptors (Lipinski definition) is 5. The van der Waals surface area contributed by atoms with Gasteiger partial charge in [0.2, 0.25) is 0 Å². The molecule has 0 amide bonds. The zero-order valence-electron chi connectivity index (χ0n) is 9.19. The van der Waals surface area contributed by atoms with E-state index in [1.807, 2.05) is 23.6 Å². The minimum Gasteiger partial charge on any atom is -0.462 e. The molecule has 1 aliphatic rings. The van der Waals surface area contributed by atoms with Crippen molar-refractivity contribution in [3.63, 3.8) is 0 Å². The Morgan fingerprint density at radius 2 is 2.41 bits per heavy atom. The predicted octanol–water partition coefficient (Wildman–Crippen LogP) is 2.53. The first kappa shape index (κ1) is 11.4. The Kier molecular flexibility index (Phi) is 3.26. The fourth-order valence-corrected chi connectivity index (χ4v) is 2.21. The van der Waals surface area contributed by atoms with Gasteiger partial charge in [-0.2, -0.15) is 5.26 Å². The van der Waals surface area contributed by atoms with E-state index in [4.69, 9.17) is 10.00 Å². The number of ether oxygens (including phenoxy) is 1. The summed E-state index contributed by atoms with van der Waals surface area (Å²) < 4.78 is 4.83. The van der Waals surface area contributed by atoms with E-state index in [1.165, 1.54) is 0 Å². The molecule has 0 radical (unpaired) electrons. The van der Waals surface area contributed by atoms with E-state index in [0.717, 1.165) is 10.6 Å². The average molecular weight is 246 g/mol. The molecule has 0 saturated carbocycles. The van der Waals surface area contributed by atoms with E-state index >= 15 is 0 Å². The highest BCUT2D eigenvalue weighted by molar-refractivity contribution is 7.11. The molecule has 1 aromatic rings. The quantitative estimate of drug-likeness (QED) is 0.495. The maximum atomic E-state index is 11.5. The first-order valence-corrected chi connectivity index (χ1v) is 5.98. The lowest BCUT2D eigenvalue weighted by molar-refractivity contribution is -0.138. The summed E-state index contributed by atoms with van der Waals surface area (Å²) in [6, 6.07) is 3.78. The third-order valence-corrected chi connectivity index (χ3v) is 3.11. The smallest absolute Gasteiger partial charge is 0.351 e. The van der Waals surface area contributed by atoms with Gasteiger partial charge in [0.1, 0.15) is 6.07 Å². The van der Waals surface area contributed by atoms with Crippen molar-refractivity contribution in [1.29, 1.82) is 5.26 Å². The molecule has 0 atom stereocenters. The van der Waals surface area contributed by atoms with Crippen LogP contribution in [0, 0.1) is 11.3 Å². The van der Waals surface area contributed by atoms with Crippen LogP contribution in [0.4, 0.5) is 5.69 Å². The number of carbonyl (C=O) groups excluding carboxylic acids is 1. The van der Waals surface area contributed by atoms with Crippen molar-refractivity contribution in [2.24, 2.45) is 0 Å². The van der Waals surface area contributed by atoms with Crippen LogP contribution >= 0.6 is 11.3 Å². The minimum absolute atomic E-state index is 0.0000463. The molecule has 0 unspecified atom stereocenters. The molecule has 4 nitrogen and oxygen atoms in total. The SMILES string of the molecule is CCOC(=O)/C(C#N)=C1/C=Cc2sccc2N1. The van der Waals surface area contributed by atoms with Gasteiger partial charge in [-0.3, -0.25) is 0 Å². The van der Waals surface area contributed by atoms with Crippen LogP contribution in [0.3, 0.4) is 0 Å². The van der Waals surface area contributed by atoms with Crippen molar-refractivity contribution >= 4 is 29.1 Å². The first-order chi connectivity index (χ1) is 8.26. The van der Waals surface area contributed by atoms with Crippen molar-refractivity contribution in [1.82, 2.24) is 0 Å². The third kappa shape index (κ3) is 2.22. The van der Waals surface area contributed by atoms with Gasteiger partial charge in [0.25, 0.3) is 0 Å². The summed E-state index contributed by atoms with van der Waals surface area (Å²) in [6.45, 7) is 1.96. The van der Waals surface area contributed by atoms with Crippen LogP contribution in [0.15, 0.2) is 28.8 Å². The van der Waals surface area contributed by atoms with E-state index in [1.54, 1.807) is 24.3 Å². The van der Waals surface area contributed by atoms with Gasteiger partial charge in [-0.05, 0) is 30.5 Å². The predicted molar refractivity (Wildman–Crippen MR) is 66.2 cm³/mol. The summed E-state index contributed by atoms with van der Waals surface area (Å²) >= 11 is 1.59. The van der Waals surface area contributed by atoms with Crippen molar-refractivity contribution in [3.8, 4) is 6.07 Å². The minimum atomic E-state index is -0.596. The monoisotopic (exact) mass is 246 g/mol. The number of fused-ring (bicyclic) bond motifs is 1. The summed E-state index contributed by atoms with van der Waals surface area (Å²) in [6.07, 6.45) is 3.59. The van der Waals surface area contributed by atoms with Crippen LogP contribution in [-0.2, 0) is 9.53 Å². The maximum absolute atomic E-state index is 11.5. The molecule has 1 N–H and O–H groups in total. The Labute approximate surface area is 103 Å². The lowest BCUT2D eigenvalue weighted by atomic mass is 10.1. The molecule has 0 fully saturated rings. The zero-order valence-corrected chi connectivity index (χ0v) is 10.0. The second kappa shape index (κ2) is 4.85. The third-order valence-electron chi connectivity index (χ3n) is 2.23. The molecule has 1 aliphatic heterocycles. The first-order valence-electron chi connectivity index (χ1n) is 5.10. The second-order valence-electron chi connectivity index (χ2n) is 3.28. The highest BCUT2D eigenvalue weighted by Gasteiger charge is 2.18. The Morgan fingerprint density at radius 3 is 3.12 bits per heavy atom. The summed E-state index contributed by atoms with van der Waals surface area (Å²) in [4.78, 5) is 12.6. The van der Waals surface area contributed by atoms with Gasteiger partial charge in [-0.15, -0.1) is 11.3 Å². The van der Waals surface area contributed by atoms with Gasteiger partial charge < -0.3 is 10.1 Å². The largest absolute Gasteiger partial charge is 0.462 e. The number of thiophene rings is 1. The number of anilines is 1. The standard InChI is InChI=1S/C12H10N2O2S/c1-2-16-12(15)8(7-13)9-3-4-11-10(14-9)5-6-17-11/h3-6,14H,2H2,1H3/b9-8-. The van der Waals surface area contributed by atoms with Crippen molar-refractivity contribution in [3.05, 3.63) is 33.7 Å². The molecule has 0 aromatic carbocycles. The van der Waals surface area contributed by atoms with E-state index in [9.17, 15) is 4.79 Å². The molecule has 0 aliphatic carbocycles. The lowest BCUT2D eigenvalue weighted by Crippen LogP contribution is -2.13. The number of nitrogens with zero attached hydrogens (tertiary/aromatic N) is 1. The van der Waals surface area contributed by atoms with Crippen LogP contribution in [0.1, 0.15) is 11.8 Å². The summed E-state index contributed by atoms with van der Waals surface area (Å²) in [5.41, 5.74) is 1.39. The van der Waals surface area contributed by atoms with Gasteiger partial charge in [0, 0.05) is 0 Å². The van der Waals surface area contributed by atoms with E-state index < -0.39 is 5.97 Å². The summed E-state index contributed by atoms with van der Waals surface area (Å²) in [5.74, 6) is -0.596. The van der Waals surface area contributed by atoms with Crippen LogP contribution in [-0.4, -0.2) is 12.6 Å². The summed E-state index contributed by atoms with van der Waals surface area (Å²) in [5, 5.41) is 14.0. The molecule has 2 heterocycles. The van der Waals surface area contributed by atoms with Crippen LogP contribution < -0.4 is 5.32 Å². The van der Waals surface area contributed by atoms with Crippen LogP contribution in [0.5, 0.6) is 0 Å². The van der Waals surface area contributed by atoms with E-state index in [2.05, 4.69) is 5.32 Å². The molecular formula is C12H10N2O2S. The maximum Gasteiger partial charge on any atom is 0.351 e. The second-order valence-corrected chi connectivity index (χ2v) is 4.23. The summed E-state index contributed by atoms with van der Waals surface area (Å²) in [7, 11) is 0. The number of rotatable bonds is 2. The Hall–Kier alpha value is -2.06. The van der Waals surface area contributed by atoms with Gasteiger partial charge in [0.15, 0.2) is 5.57 Å². The van der Waals surface area contributed by atoms with Gasteiger partial charge in [-0.25, -0.2) is 4.79 Å². The lowest BCUT2D eigenvalue weighted by Gasteiger charge is -2.13. The molecular weight excluding hydrogens is 236 g/mol. The average Bonchev–Trinajstić information content (AvgIpc) is 2.77. The highest BCUT2D eigenvalue weighted by Crippen LogP contribution is 2.30. The van der Waals surface area contributed by atoms with Crippen molar-refractivity contribution < 1.29 is 9.53 Å². The van der Waals surface area contributed by atoms with Crippen molar-refractivity contribution in [2.75, 3.05) is 11.9 Å². The number of nitriles is 1. The fourth-order valence-electron chi connectivity index (χ4n) is 1.46. The molecule has 5 heteroatoms. The number of carbonyl (C=O) groups is 1. The number of nitrogens with one attached hydrogen (secondary N) is 1. The van der Waals surface area contributed by atoms with Gasteiger partial charge >= 0.3 is 5.97 Å². The fraction of sp³-hybridized carbons (Fsp3) is 0.167. The van der Waals surface area contributed by atoms with Gasteiger partial charge in [-0.1, -0.05) is 0 Å². The Balaban J connectivity index is 2.34. The molecule has 0 spiro atoms. The number of allylic oxidation sites excluding steroid dienone is 1. The molecule has 86 valence electrons. The normalized spacial score (nSPS) is 15.5. The Bertz CT molecular complexity index is 549. The Morgan fingerprint density at radius 1 is 1.59 bits per heavy atom. The van der Waals surface area contributed by atoms with Crippen molar-refractivity contribution in [2.45, 2.75) is 6.92 Å². The van der Waals surface area contributed by atoms with E-state index in [-0.39, 0.29) is 12.2 Å². The van der Waals surface area contributed by atoms with Crippen LogP contribution in [0.25, 0.3) is 6.08 Å². The van der Waals surface area contributed by atoms with E-state index in [0.29, 0.717) is 5.70 Å². The van der Waals surface area contributed by atoms with Crippen LogP contribution in [0.2, 0.25) is 0 Å². The zero-order chi connectivity index (χ0) is 12.3. The highest BCUT2D eigenvalue weighted by atomic mass is 32.1. The molecule has 0 bridgehead atoms. The molecule has 2 rings (SSSR count). The topological polar surface area (TPSA) is 62.1 Å².